The van der Waals surface area contributed by atoms with Crippen LogP contribution in [0.4, 0.5) is 5.69 Å². The molecule has 5 aromatic rings. The SMILES string of the molecule is COc1ccc(CNc2c(C(=O)NCc3ccccc3)cnc3c2c(C)nn3-c2ccccc2)cc1. The highest BCUT2D eigenvalue weighted by atomic mass is 16.5. The van der Waals surface area contributed by atoms with Gasteiger partial charge in [0.05, 0.1) is 35.1 Å². The van der Waals surface area contributed by atoms with Crippen molar-refractivity contribution in [2.24, 2.45) is 0 Å². The fraction of sp³-hybridized carbons (Fsp3) is 0.138. The van der Waals surface area contributed by atoms with E-state index in [1.165, 1.54) is 0 Å². The summed E-state index contributed by atoms with van der Waals surface area (Å²) in [7, 11) is 1.65. The highest BCUT2D eigenvalue weighted by Crippen LogP contribution is 2.31. The minimum atomic E-state index is -0.197. The summed E-state index contributed by atoms with van der Waals surface area (Å²) in [6.07, 6.45) is 1.62. The van der Waals surface area contributed by atoms with Crippen LogP contribution in [0.3, 0.4) is 0 Å². The Balaban J connectivity index is 1.53. The van der Waals surface area contributed by atoms with Gasteiger partial charge in [-0.15, -0.1) is 0 Å². The van der Waals surface area contributed by atoms with Gasteiger partial charge in [-0.2, -0.15) is 5.10 Å². The number of carbonyl (C=O) groups excluding carboxylic acids is 1. The fourth-order valence-electron chi connectivity index (χ4n) is 4.16. The molecule has 0 bridgehead atoms. The van der Waals surface area contributed by atoms with Gasteiger partial charge < -0.3 is 15.4 Å². The molecule has 2 heterocycles. The molecule has 0 fully saturated rings. The number of pyridine rings is 1. The summed E-state index contributed by atoms with van der Waals surface area (Å²) in [5.74, 6) is 0.600. The monoisotopic (exact) mass is 477 g/mol. The second-order valence-electron chi connectivity index (χ2n) is 8.45. The largest absolute Gasteiger partial charge is 0.497 e. The average Bonchev–Trinajstić information content (AvgIpc) is 3.28. The van der Waals surface area contributed by atoms with Crippen molar-refractivity contribution in [3.05, 3.63) is 114 Å². The maximum atomic E-state index is 13.3. The van der Waals surface area contributed by atoms with Gasteiger partial charge in [0.2, 0.25) is 0 Å². The van der Waals surface area contributed by atoms with Crippen molar-refractivity contribution >= 4 is 22.6 Å². The maximum Gasteiger partial charge on any atom is 0.255 e. The number of methoxy groups -OCH3 is 1. The summed E-state index contributed by atoms with van der Waals surface area (Å²) in [4.78, 5) is 18.0. The third kappa shape index (κ3) is 4.77. The van der Waals surface area contributed by atoms with Crippen molar-refractivity contribution < 1.29 is 9.53 Å². The molecule has 0 radical (unpaired) electrons. The predicted octanol–water partition coefficient (Wildman–Crippen LogP) is 5.28. The van der Waals surface area contributed by atoms with Crippen LogP contribution >= 0.6 is 0 Å². The maximum absolute atomic E-state index is 13.3. The van der Waals surface area contributed by atoms with E-state index in [2.05, 4.69) is 15.6 Å². The minimum Gasteiger partial charge on any atom is -0.497 e. The number of aromatic nitrogens is 3. The molecule has 2 N–H and O–H groups in total. The molecule has 3 aromatic carbocycles. The highest BCUT2D eigenvalue weighted by Gasteiger charge is 2.21. The van der Waals surface area contributed by atoms with Crippen LogP contribution in [0.2, 0.25) is 0 Å². The van der Waals surface area contributed by atoms with Gasteiger partial charge in [0.15, 0.2) is 5.65 Å². The van der Waals surface area contributed by atoms with Crippen molar-refractivity contribution in [2.75, 3.05) is 12.4 Å². The summed E-state index contributed by atoms with van der Waals surface area (Å²) in [5, 5.41) is 12.1. The quantitative estimate of drug-likeness (QED) is 0.318. The third-order valence-corrected chi connectivity index (χ3v) is 6.04. The number of para-hydroxylation sites is 1. The van der Waals surface area contributed by atoms with E-state index in [9.17, 15) is 4.79 Å². The molecule has 180 valence electrons. The third-order valence-electron chi connectivity index (χ3n) is 6.04. The number of benzene rings is 3. The number of anilines is 1. The molecule has 0 aliphatic rings. The van der Waals surface area contributed by atoms with E-state index in [1.54, 1.807) is 13.3 Å². The standard InChI is InChI=1S/C29H27N5O2/c1-20-26-27(30-17-22-13-15-24(36-2)16-14-22)25(29(35)32-18-21-9-5-3-6-10-21)19-31-28(26)34(33-20)23-11-7-4-8-12-23/h3-16,19H,17-18H2,1-2H3,(H,30,31)(H,32,35). The molecule has 1 amide bonds. The Hall–Kier alpha value is -4.65. The molecule has 0 unspecified atom stereocenters. The van der Waals surface area contributed by atoms with Crippen molar-refractivity contribution in [3.8, 4) is 11.4 Å². The number of nitrogens with zero attached hydrogens (tertiary/aromatic N) is 3. The van der Waals surface area contributed by atoms with Gasteiger partial charge in [-0.3, -0.25) is 4.79 Å². The second-order valence-corrected chi connectivity index (χ2v) is 8.45. The summed E-state index contributed by atoms with van der Waals surface area (Å²) in [5.41, 5.74) is 5.66. The number of fused-ring (bicyclic) bond motifs is 1. The molecule has 0 aliphatic heterocycles. The Kier molecular flexibility index (Phi) is 6.62. The van der Waals surface area contributed by atoms with Crippen LogP contribution in [-0.4, -0.2) is 27.8 Å². The van der Waals surface area contributed by atoms with Crippen LogP contribution in [0.5, 0.6) is 5.75 Å². The van der Waals surface area contributed by atoms with E-state index in [1.807, 2.05) is 96.5 Å². The zero-order chi connectivity index (χ0) is 24.9. The first kappa shape index (κ1) is 23.1. The Labute approximate surface area is 209 Å². The molecule has 0 aliphatic carbocycles. The Bertz CT molecular complexity index is 1480. The molecule has 36 heavy (non-hydrogen) atoms. The van der Waals surface area contributed by atoms with Gasteiger partial charge in [-0.05, 0) is 42.3 Å². The van der Waals surface area contributed by atoms with Gasteiger partial charge in [0, 0.05) is 19.3 Å². The zero-order valence-corrected chi connectivity index (χ0v) is 20.2. The summed E-state index contributed by atoms with van der Waals surface area (Å²) < 4.78 is 7.09. The lowest BCUT2D eigenvalue weighted by molar-refractivity contribution is 0.0951. The lowest BCUT2D eigenvalue weighted by atomic mass is 10.1. The van der Waals surface area contributed by atoms with Gasteiger partial charge >= 0.3 is 0 Å². The van der Waals surface area contributed by atoms with E-state index in [4.69, 9.17) is 9.84 Å². The normalized spacial score (nSPS) is 10.8. The number of hydrogen-bond donors (Lipinski definition) is 2. The number of hydrogen-bond acceptors (Lipinski definition) is 5. The highest BCUT2D eigenvalue weighted by molar-refractivity contribution is 6.07. The summed E-state index contributed by atoms with van der Waals surface area (Å²) >= 11 is 0. The number of rotatable bonds is 8. The molecule has 0 saturated carbocycles. The van der Waals surface area contributed by atoms with E-state index < -0.39 is 0 Å². The zero-order valence-electron chi connectivity index (χ0n) is 20.2. The first-order valence-corrected chi connectivity index (χ1v) is 11.8. The molecular formula is C29H27N5O2. The molecule has 0 spiro atoms. The lowest BCUT2D eigenvalue weighted by Crippen LogP contribution is -2.24. The first-order valence-electron chi connectivity index (χ1n) is 11.8. The van der Waals surface area contributed by atoms with Gasteiger partial charge in [-0.1, -0.05) is 60.7 Å². The van der Waals surface area contributed by atoms with Crippen LogP contribution in [0, 0.1) is 6.92 Å². The van der Waals surface area contributed by atoms with Crippen LogP contribution in [-0.2, 0) is 13.1 Å². The average molecular weight is 478 g/mol. The van der Waals surface area contributed by atoms with E-state index in [0.717, 1.165) is 33.6 Å². The van der Waals surface area contributed by atoms with E-state index in [0.29, 0.717) is 30.0 Å². The van der Waals surface area contributed by atoms with E-state index in [-0.39, 0.29) is 5.91 Å². The molecular weight excluding hydrogens is 450 g/mol. The van der Waals surface area contributed by atoms with Gasteiger partial charge in [-0.25, -0.2) is 9.67 Å². The molecule has 7 heteroatoms. The number of nitrogens with one attached hydrogen (secondary N) is 2. The number of amides is 1. The Morgan fingerprint density at radius 2 is 1.56 bits per heavy atom. The van der Waals surface area contributed by atoms with Crippen molar-refractivity contribution in [1.29, 1.82) is 0 Å². The predicted molar refractivity (Wildman–Crippen MR) is 142 cm³/mol. The van der Waals surface area contributed by atoms with Crippen molar-refractivity contribution in [2.45, 2.75) is 20.0 Å². The van der Waals surface area contributed by atoms with Crippen LogP contribution in [0.1, 0.15) is 27.2 Å². The topological polar surface area (TPSA) is 81.1 Å². The Morgan fingerprint density at radius 3 is 2.25 bits per heavy atom. The second kappa shape index (κ2) is 10.3. The molecule has 0 saturated heterocycles. The van der Waals surface area contributed by atoms with Crippen LogP contribution in [0.25, 0.3) is 16.7 Å². The minimum absolute atomic E-state index is 0.197. The van der Waals surface area contributed by atoms with Gasteiger partial charge in [0.1, 0.15) is 5.75 Å². The number of ether oxygens (including phenoxy) is 1. The molecule has 0 atom stereocenters. The fourth-order valence-corrected chi connectivity index (χ4v) is 4.16. The van der Waals surface area contributed by atoms with Crippen molar-refractivity contribution in [3.63, 3.8) is 0 Å². The van der Waals surface area contributed by atoms with Gasteiger partial charge in [0.25, 0.3) is 5.91 Å². The number of aryl methyl sites for hydroxylation is 1. The van der Waals surface area contributed by atoms with Crippen LogP contribution < -0.4 is 15.4 Å². The molecule has 5 rings (SSSR count). The number of carbonyl (C=O) groups is 1. The molecule has 2 aromatic heterocycles. The van der Waals surface area contributed by atoms with Crippen molar-refractivity contribution in [1.82, 2.24) is 20.1 Å². The van der Waals surface area contributed by atoms with E-state index >= 15 is 0 Å². The lowest BCUT2D eigenvalue weighted by Gasteiger charge is -2.14. The molecule has 7 nitrogen and oxygen atoms in total. The summed E-state index contributed by atoms with van der Waals surface area (Å²) in [6, 6.07) is 27.5. The Morgan fingerprint density at radius 1 is 0.889 bits per heavy atom. The summed E-state index contributed by atoms with van der Waals surface area (Å²) in [6.45, 7) is 2.89. The smallest absolute Gasteiger partial charge is 0.255 e. The van der Waals surface area contributed by atoms with Crippen LogP contribution in [0.15, 0.2) is 91.1 Å². The first-order chi connectivity index (χ1) is 17.6.